The summed E-state index contributed by atoms with van der Waals surface area (Å²) in [5, 5.41) is 17.3. The Bertz CT molecular complexity index is 79.0. The smallest absolute Gasteiger partial charge is 0.0721 e. The second kappa shape index (κ2) is 5.79. The second-order valence-electron chi connectivity index (χ2n) is 1.97. The summed E-state index contributed by atoms with van der Waals surface area (Å²) >= 11 is 0. The van der Waals surface area contributed by atoms with Crippen molar-refractivity contribution in [3.63, 3.8) is 0 Å². The molecular formula is C7H14O2. The molecule has 9 heavy (non-hydrogen) atoms. The van der Waals surface area contributed by atoms with Crippen LogP contribution in [-0.4, -0.2) is 22.9 Å². The lowest BCUT2D eigenvalue weighted by atomic mass is 10.2. The van der Waals surface area contributed by atoms with Crippen LogP contribution in [0.5, 0.6) is 0 Å². The summed E-state index contributed by atoms with van der Waals surface area (Å²) in [6.07, 6.45) is 4.54. The molecule has 1 atom stereocenters. The fourth-order valence-corrected chi connectivity index (χ4v) is 0.610. The highest BCUT2D eigenvalue weighted by atomic mass is 16.3. The molecule has 0 aromatic heterocycles. The van der Waals surface area contributed by atoms with Crippen LogP contribution in [0.15, 0.2) is 12.2 Å². The van der Waals surface area contributed by atoms with Crippen molar-refractivity contribution < 1.29 is 10.2 Å². The van der Waals surface area contributed by atoms with E-state index >= 15 is 0 Å². The number of hydrogen-bond acceptors (Lipinski definition) is 2. The molecule has 0 aromatic carbocycles. The summed E-state index contributed by atoms with van der Waals surface area (Å²) in [4.78, 5) is 0. The maximum atomic E-state index is 8.98. The van der Waals surface area contributed by atoms with E-state index in [0.717, 1.165) is 12.8 Å². The lowest BCUT2D eigenvalue weighted by Gasteiger charge is -1.99. The lowest BCUT2D eigenvalue weighted by molar-refractivity contribution is 0.210. The first-order chi connectivity index (χ1) is 4.31. The molecule has 0 saturated carbocycles. The van der Waals surface area contributed by atoms with Gasteiger partial charge < -0.3 is 10.2 Å². The highest BCUT2D eigenvalue weighted by Crippen LogP contribution is 1.96. The first-order valence-corrected chi connectivity index (χ1v) is 3.26. The van der Waals surface area contributed by atoms with Crippen LogP contribution in [0, 0.1) is 0 Å². The van der Waals surface area contributed by atoms with Gasteiger partial charge in [-0.15, -0.1) is 0 Å². The Balaban J connectivity index is 3.25. The predicted molar refractivity (Wildman–Crippen MR) is 37.1 cm³/mol. The summed E-state index contributed by atoms with van der Waals surface area (Å²) in [5.41, 5.74) is 0. The van der Waals surface area contributed by atoms with Crippen LogP contribution < -0.4 is 0 Å². The van der Waals surface area contributed by atoms with Gasteiger partial charge in [0.1, 0.15) is 0 Å². The molecule has 0 bridgehead atoms. The molecule has 2 heteroatoms. The summed E-state index contributed by atoms with van der Waals surface area (Å²) in [5.74, 6) is 0. The zero-order chi connectivity index (χ0) is 7.11. The third-order valence-corrected chi connectivity index (χ3v) is 1.05. The Hall–Kier alpha value is -0.340. The highest BCUT2D eigenvalue weighted by Gasteiger charge is 1.93. The van der Waals surface area contributed by atoms with Gasteiger partial charge in [-0.2, -0.15) is 0 Å². The van der Waals surface area contributed by atoms with E-state index < -0.39 is 0 Å². The van der Waals surface area contributed by atoms with Crippen molar-refractivity contribution in [1.82, 2.24) is 0 Å². The summed E-state index contributed by atoms with van der Waals surface area (Å²) in [7, 11) is 0. The minimum absolute atomic E-state index is 0.0147. The van der Waals surface area contributed by atoms with Crippen molar-refractivity contribution >= 4 is 0 Å². The standard InChI is InChI=1S/C7H14O2/c1-2-4-7(9)5-3-6-8/h3,5,7-9H,2,4,6H2,1H3/b5-3+. The van der Waals surface area contributed by atoms with Crippen LogP contribution in [0.25, 0.3) is 0 Å². The topological polar surface area (TPSA) is 40.5 Å². The Morgan fingerprint density at radius 3 is 2.67 bits per heavy atom. The minimum atomic E-state index is -0.373. The van der Waals surface area contributed by atoms with E-state index in [-0.39, 0.29) is 12.7 Å². The monoisotopic (exact) mass is 130 g/mol. The maximum Gasteiger partial charge on any atom is 0.0721 e. The van der Waals surface area contributed by atoms with Crippen molar-refractivity contribution in [3.05, 3.63) is 12.2 Å². The van der Waals surface area contributed by atoms with Crippen LogP contribution in [0.3, 0.4) is 0 Å². The Labute approximate surface area is 55.8 Å². The molecule has 0 heterocycles. The van der Waals surface area contributed by atoms with Crippen LogP contribution in [-0.2, 0) is 0 Å². The molecule has 2 N–H and O–H groups in total. The van der Waals surface area contributed by atoms with E-state index in [1.807, 2.05) is 6.92 Å². The molecule has 54 valence electrons. The molecule has 0 aliphatic carbocycles. The van der Waals surface area contributed by atoms with Crippen molar-refractivity contribution in [3.8, 4) is 0 Å². The van der Waals surface area contributed by atoms with E-state index in [2.05, 4.69) is 0 Å². The molecule has 0 aliphatic rings. The largest absolute Gasteiger partial charge is 0.392 e. The number of hydrogen-bond donors (Lipinski definition) is 2. The summed E-state index contributed by atoms with van der Waals surface area (Å²) < 4.78 is 0. The number of aliphatic hydroxyl groups is 2. The zero-order valence-electron chi connectivity index (χ0n) is 5.75. The van der Waals surface area contributed by atoms with Crippen LogP contribution in [0.1, 0.15) is 19.8 Å². The van der Waals surface area contributed by atoms with E-state index in [1.54, 1.807) is 12.2 Å². The fourth-order valence-electron chi connectivity index (χ4n) is 0.610. The maximum absolute atomic E-state index is 8.98. The molecule has 0 aromatic rings. The molecule has 0 spiro atoms. The molecule has 1 unspecified atom stereocenters. The van der Waals surface area contributed by atoms with Gasteiger partial charge in [-0.25, -0.2) is 0 Å². The van der Waals surface area contributed by atoms with Crippen molar-refractivity contribution in [2.45, 2.75) is 25.9 Å². The van der Waals surface area contributed by atoms with Crippen molar-refractivity contribution in [2.75, 3.05) is 6.61 Å². The van der Waals surface area contributed by atoms with Gasteiger partial charge >= 0.3 is 0 Å². The SMILES string of the molecule is CCCC(O)/C=C/CO. The van der Waals surface area contributed by atoms with E-state index in [0.29, 0.717) is 0 Å². The second-order valence-corrected chi connectivity index (χ2v) is 1.97. The molecule has 0 saturated heterocycles. The third kappa shape index (κ3) is 5.53. The Kier molecular flexibility index (Phi) is 5.57. The van der Waals surface area contributed by atoms with Crippen LogP contribution >= 0.6 is 0 Å². The number of aliphatic hydroxyl groups excluding tert-OH is 2. The van der Waals surface area contributed by atoms with Gasteiger partial charge in [0.05, 0.1) is 12.7 Å². The number of rotatable bonds is 4. The molecule has 0 rings (SSSR count). The van der Waals surface area contributed by atoms with Crippen molar-refractivity contribution in [1.29, 1.82) is 0 Å². The van der Waals surface area contributed by atoms with Gasteiger partial charge in [-0.1, -0.05) is 25.5 Å². The molecular weight excluding hydrogens is 116 g/mol. The van der Waals surface area contributed by atoms with Gasteiger partial charge in [0.15, 0.2) is 0 Å². The summed E-state index contributed by atoms with van der Waals surface area (Å²) in [6, 6.07) is 0. The molecule has 0 fully saturated rings. The van der Waals surface area contributed by atoms with Gasteiger partial charge in [0, 0.05) is 0 Å². The van der Waals surface area contributed by atoms with E-state index in [1.165, 1.54) is 0 Å². The normalized spacial score (nSPS) is 14.6. The molecule has 0 aliphatic heterocycles. The van der Waals surface area contributed by atoms with E-state index in [9.17, 15) is 0 Å². The first kappa shape index (κ1) is 8.66. The fraction of sp³-hybridized carbons (Fsp3) is 0.714. The summed E-state index contributed by atoms with van der Waals surface area (Å²) in [6.45, 7) is 2.02. The Morgan fingerprint density at radius 2 is 2.22 bits per heavy atom. The minimum Gasteiger partial charge on any atom is -0.392 e. The average Bonchev–Trinajstić information content (AvgIpc) is 1.85. The van der Waals surface area contributed by atoms with E-state index in [4.69, 9.17) is 10.2 Å². The quantitative estimate of drug-likeness (QED) is 0.550. The average molecular weight is 130 g/mol. The molecule has 0 radical (unpaired) electrons. The highest BCUT2D eigenvalue weighted by molar-refractivity contribution is 4.87. The van der Waals surface area contributed by atoms with Gasteiger partial charge in [-0.3, -0.25) is 0 Å². The lowest BCUT2D eigenvalue weighted by Crippen LogP contribution is -2.00. The van der Waals surface area contributed by atoms with Gasteiger partial charge in [0.2, 0.25) is 0 Å². The first-order valence-electron chi connectivity index (χ1n) is 3.26. The molecule has 2 nitrogen and oxygen atoms in total. The third-order valence-electron chi connectivity index (χ3n) is 1.05. The predicted octanol–water partition coefficient (Wildman–Crippen LogP) is 0.696. The van der Waals surface area contributed by atoms with Crippen LogP contribution in [0.2, 0.25) is 0 Å². The molecule has 0 amide bonds. The van der Waals surface area contributed by atoms with Gasteiger partial charge in [-0.05, 0) is 6.42 Å². The van der Waals surface area contributed by atoms with Gasteiger partial charge in [0.25, 0.3) is 0 Å². The zero-order valence-corrected chi connectivity index (χ0v) is 5.75. The Morgan fingerprint density at radius 1 is 1.56 bits per heavy atom. The van der Waals surface area contributed by atoms with Crippen LogP contribution in [0.4, 0.5) is 0 Å². The van der Waals surface area contributed by atoms with Crippen molar-refractivity contribution in [2.24, 2.45) is 0 Å².